The lowest BCUT2D eigenvalue weighted by molar-refractivity contribution is -0.144. The fourth-order valence-corrected chi connectivity index (χ4v) is 1.68. The molecule has 0 radical (unpaired) electrons. The molecule has 0 spiro atoms. The summed E-state index contributed by atoms with van der Waals surface area (Å²) in [6.07, 6.45) is -10.7. The van der Waals surface area contributed by atoms with E-state index >= 15 is 0 Å². The highest BCUT2D eigenvalue weighted by Gasteiger charge is 2.40. The Balaban J connectivity index is 0.00000400. The Labute approximate surface area is 121 Å². The van der Waals surface area contributed by atoms with Crippen LogP contribution in [-0.4, -0.2) is 11.7 Å². The molecule has 122 valence electrons. The highest BCUT2D eigenvalue weighted by molar-refractivity contribution is 5.85. The number of alkyl halides is 6. The van der Waals surface area contributed by atoms with Crippen molar-refractivity contribution >= 4 is 12.4 Å². The molecule has 3 N–H and O–H groups in total. The van der Waals surface area contributed by atoms with Crippen LogP contribution < -0.4 is 5.73 Å². The molecule has 0 aromatic heterocycles. The van der Waals surface area contributed by atoms with E-state index in [1.54, 1.807) is 0 Å². The van der Waals surface area contributed by atoms with Gasteiger partial charge in [-0.05, 0) is 18.6 Å². The van der Waals surface area contributed by atoms with Crippen LogP contribution in [-0.2, 0) is 12.4 Å². The lowest BCUT2D eigenvalue weighted by atomic mass is 9.95. The van der Waals surface area contributed by atoms with E-state index in [-0.39, 0.29) is 24.5 Å². The van der Waals surface area contributed by atoms with Crippen molar-refractivity contribution < 1.29 is 35.8 Å². The van der Waals surface area contributed by atoms with Gasteiger partial charge in [-0.2, -0.15) is 26.3 Å². The van der Waals surface area contributed by atoms with Gasteiger partial charge in [0.1, 0.15) is 5.82 Å². The van der Waals surface area contributed by atoms with Crippen LogP contribution in [0, 0.1) is 5.82 Å². The third-order valence-electron chi connectivity index (χ3n) is 2.57. The van der Waals surface area contributed by atoms with Gasteiger partial charge in [0.15, 0.2) is 0 Å². The predicted molar refractivity (Wildman–Crippen MR) is 62.3 cm³/mol. The maximum absolute atomic E-state index is 13.6. The number of nitrogens with two attached hydrogens (primary N) is 1. The van der Waals surface area contributed by atoms with Crippen LogP contribution in [0.15, 0.2) is 12.1 Å². The monoisotopic (exact) mass is 341 g/mol. The SMILES string of the molecule is Cl.N[C@@H](CCO)c1c(F)cc(C(F)(F)F)cc1C(F)(F)F. The number of hydrogen-bond donors (Lipinski definition) is 2. The standard InChI is InChI=1S/C11H10F7NO.ClH/c12-7-4-5(10(13,14)15)3-6(11(16,17)18)9(7)8(19)1-2-20;/h3-4,8,20H,1-2,19H2;1H/t8-;/m0./s1. The van der Waals surface area contributed by atoms with E-state index in [0.717, 1.165) is 0 Å². The first kappa shape index (κ1) is 19.9. The minimum Gasteiger partial charge on any atom is -0.396 e. The number of rotatable bonds is 3. The lowest BCUT2D eigenvalue weighted by Gasteiger charge is -2.20. The molecule has 0 saturated heterocycles. The fourth-order valence-electron chi connectivity index (χ4n) is 1.68. The van der Waals surface area contributed by atoms with E-state index in [9.17, 15) is 30.7 Å². The molecule has 10 heteroatoms. The van der Waals surface area contributed by atoms with Gasteiger partial charge >= 0.3 is 12.4 Å². The van der Waals surface area contributed by atoms with Gasteiger partial charge in [0, 0.05) is 18.2 Å². The highest BCUT2D eigenvalue weighted by Crippen LogP contribution is 2.40. The van der Waals surface area contributed by atoms with E-state index in [4.69, 9.17) is 10.8 Å². The number of benzene rings is 1. The molecule has 1 rings (SSSR count). The van der Waals surface area contributed by atoms with E-state index in [1.165, 1.54) is 0 Å². The second kappa shape index (κ2) is 6.80. The summed E-state index contributed by atoms with van der Waals surface area (Å²) in [6, 6.07) is -1.78. The molecule has 0 aliphatic rings. The van der Waals surface area contributed by atoms with E-state index < -0.39 is 53.9 Å². The smallest absolute Gasteiger partial charge is 0.396 e. The molecule has 0 unspecified atom stereocenters. The Kier molecular flexibility index (Phi) is 6.46. The Morgan fingerprint density at radius 1 is 1.05 bits per heavy atom. The fraction of sp³-hybridized carbons (Fsp3) is 0.455. The first-order valence-electron chi connectivity index (χ1n) is 5.32. The minimum absolute atomic E-state index is 0. The normalized spacial score (nSPS) is 13.8. The van der Waals surface area contributed by atoms with Crippen LogP contribution >= 0.6 is 12.4 Å². The van der Waals surface area contributed by atoms with E-state index in [1.807, 2.05) is 0 Å². The molecule has 0 amide bonds. The van der Waals surface area contributed by atoms with Crippen LogP contribution in [0.25, 0.3) is 0 Å². The summed E-state index contributed by atoms with van der Waals surface area (Å²) in [6.45, 7) is -0.626. The van der Waals surface area contributed by atoms with Gasteiger partial charge in [-0.3, -0.25) is 0 Å². The quantitative estimate of drug-likeness (QED) is 0.824. The van der Waals surface area contributed by atoms with Crippen LogP contribution in [0.5, 0.6) is 0 Å². The summed E-state index contributed by atoms with van der Waals surface area (Å²) < 4.78 is 89.1. The summed E-state index contributed by atoms with van der Waals surface area (Å²) >= 11 is 0. The predicted octanol–water partition coefficient (Wildman–Crippen LogP) is 3.67. The Morgan fingerprint density at radius 3 is 1.95 bits per heavy atom. The molecular weight excluding hydrogens is 331 g/mol. The van der Waals surface area contributed by atoms with Gasteiger partial charge in [-0.1, -0.05) is 0 Å². The molecule has 21 heavy (non-hydrogen) atoms. The largest absolute Gasteiger partial charge is 0.416 e. The molecular formula is C11H11ClF7NO. The molecule has 0 aliphatic heterocycles. The molecule has 1 aromatic carbocycles. The third-order valence-corrected chi connectivity index (χ3v) is 2.57. The maximum Gasteiger partial charge on any atom is 0.416 e. The molecule has 0 heterocycles. The van der Waals surface area contributed by atoms with Crippen molar-refractivity contribution in [1.29, 1.82) is 0 Å². The Hall–Kier alpha value is -1.06. The summed E-state index contributed by atoms with van der Waals surface area (Å²) in [5.41, 5.74) is 0.664. The molecule has 0 saturated carbocycles. The molecule has 0 fully saturated rings. The van der Waals surface area contributed by atoms with Crippen molar-refractivity contribution in [3.63, 3.8) is 0 Å². The maximum atomic E-state index is 13.6. The van der Waals surface area contributed by atoms with Crippen LogP contribution in [0.1, 0.15) is 29.2 Å². The summed E-state index contributed by atoms with van der Waals surface area (Å²) in [7, 11) is 0. The Morgan fingerprint density at radius 2 is 1.57 bits per heavy atom. The molecule has 1 aromatic rings. The zero-order valence-corrected chi connectivity index (χ0v) is 11.0. The van der Waals surface area contributed by atoms with E-state index in [2.05, 4.69) is 0 Å². The molecule has 0 aliphatic carbocycles. The van der Waals surface area contributed by atoms with Gasteiger partial charge in [0.2, 0.25) is 0 Å². The first-order valence-corrected chi connectivity index (χ1v) is 5.32. The van der Waals surface area contributed by atoms with Crippen molar-refractivity contribution in [3.8, 4) is 0 Å². The second-order valence-corrected chi connectivity index (χ2v) is 4.03. The number of hydrogen-bond acceptors (Lipinski definition) is 2. The van der Waals surface area contributed by atoms with Gasteiger partial charge in [-0.25, -0.2) is 4.39 Å². The average Bonchev–Trinajstić information content (AvgIpc) is 2.25. The van der Waals surface area contributed by atoms with Gasteiger partial charge < -0.3 is 10.8 Å². The third kappa shape index (κ3) is 4.72. The number of halogens is 8. The first-order chi connectivity index (χ1) is 8.98. The molecule has 1 atom stereocenters. The van der Waals surface area contributed by atoms with E-state index in [0.29, 0.717) is 0 Å². The van der Waals surface area contributed by atoms with Crippen LogP contribution in [0.3, 0.4) is 0 Å². The summed E-state index contributed by atoms with van der Waals surface area (Å²) in [4.78, 5) is 0. The summed E-state index contributed by atoms with van der Waals surface area (Å²) in [5.74, 6) is -1.70. The summed E-state index contributed by atoms with van der Waals surface area (Å²) in [5, 5.41) is 8.60. The van der Waals surface area contributed by atoms with Crippen molar-refractivity contribution in [2.45, 2.75) is 24.8 Å². The lowest BCUT2D eigenvalue weighted by Crippen LogP contribution is -2.22. The van der Waals surface area contributed by atoms with Crippen LogP contribution in [0.4, 0.5) is 30.7 Å². The van der Waals surface area contributed by atoms with Gasteiger partial charge in [0.05, 0.1) is 11.1 Å². The van der Waals surface area contributed by atoms with Crippen molar-refractivity contribution in [3.05, 3.63) is 34.6 Å². The number of aliphatic hydroxyl groups excluding tert-OH is 1. The average molecular weight is 342 g/mol. The topological polar surface area (TPSA) is 46.2 Å². The van der Waals surface area contributed by atoms with Gasteiger partial charge in [0.25, 0.3) is 0 Å². The van der Waals surface area contributed by atoms with Crippen molar-refractivity contribution in [2.24, 2.45) is 5.73 Å². The second-order valence-electron chi connectivity index (χ2n) is 4.03. The highest BCUT2D eigenvalue weighted by atomic mass is 35.5. The van der Waals surface area contributed by atoms with Crippen molar-refractivity contribution in [2.75, 3.05) is 6.61 Å². The van der Waals surface area contributed by atoms with Crippen molar-refractivity contribution in [1.82, 2.24) is 0 Å². The Bertz CT molecular complexity index is 487. The molecule has 2 nitrogen and oxygen atoms in total. The van der Waals surface area contributed by atoms with Gasteiger partial charge in [-0.15, -0.1) is 12.4 Å². The zero-order chi connectivity index (χ0) is 15.7. The number of aliphatic hydroxyl groups is 1. The molecule has 0 bridgehead atoms. The minimum atomic E-state index is -5.19. The van der Waals surface area contributed by atoms with Crippen LogP contribution in [0.2, 0.25) is 0 Å². The zero-order valence-electron chi connectivity index (χ0n) is 10.2.